The van der Waals surface area contributed by atoms with Crippen LogP contribution in [-0.4, -0.2) is 14.8 Å². The van der Waals surface area contributed by atoms with Crippen LogP contribution in [0.3, 0.4) is 0 Å². The first-order valence-electron chi connectivity index (χ1n) is 5.99. The molecule has 3 rings (SSSR count). The first-order valence-corrected chi connectivity index (χ1v) is 5.99. The molecule has 0 amide bonds. The van der Waals surface area contributed by atoms with Crippen molar-refractivity contribution in [2.75, 3.05) is 5.73 Å². The molecule has 0 aliphatic heterocycles. The number of benzene rings is 1. The Morgan fingerprint density at radius 2 is 2.11 bits per heavy atom. The van der Waals surface area contributed by atoms with Gasteiger partial charge in [-0.2, -0.15) is 5.10 Å². The Morgan fingerprint density at radius 1 is 1.26 bits per heavy atom. The first-order chi connectivity index (χ1) is 9.24. The van der Waals surface area contributed by atoms with E-state index >= 15 is 0 Å². The number of aryl methyl sites for hydroxylation is 1. The molecule has 0 radical (unpaired) electrons. The maximum absolute atomic E-state index is 5.78. The SMILES string of the molecule is Cn1nc(COc2cccc3cccnc23)cc1N. The zero-order valence-electron chi connectivity index (χ0n) is 10.6. The van der Waals surface area contributed by atoms with Gasteiger partial charge in [-0.15, -0.1) is 0 Å². The van der Waals surface area contributed by atoms with Crippen molar-refractivity contribution in [3.05, 3.63) is 48.3 Å². The molecule has 0 aliphatic carbocycles. The van der Waals surface area contributed by atoms with Crippen molar-refractivity contribution in [1.29, 1.82) is 0 Å². The predicted molar refractivity (Wildman–Crippen MR) is 73.7 cm³/mol. The van der Waals surface area contributed by atoms with Crippen LogP contribution in [0, 0.1) is 0 Å². The van der Waals surface area contributed by atoms with Crippen LogP contribution in [0.25, 0.3) is 10.9 Å². The van der Waals surface area contributed by atoms with E-state index in [0.29, 0.717) is 12.4 Å². The fourth-order valence-electron chi connectivity index (χ4n) is 1.96. The minimum absolute atomic E-state index is 0.376. The third kappa shape index (κ3) is 2.22. The van der Waals surface area contributed by atoms with Crippen LogP contribution in [0.4, 0.5) is 5.82 Å². The number of aromatic nitrogens is 3. The third-order valence-corrected chi connectivity index (χ3v) is 2.94. The summed E-state index contributed by atoms with van der Waals surface area (Å²) in [6, 6.07) is 11.6. The van der Waals surface area contributed by atoms with Gasteiger partial charge < -0.3 is 10.5 Å². The van der Waals surface area contributed by atoms with E-state index < -0.39 is 0 Å². The van der Waals surface area contributed by atoms with Gasteiger partial charge in [0.15, 0.2) is 0 Å². The summed E-state index contributed by atoms with van der Waals surface area (Å²) in [5, 5.41) is 5.31. The summed E-state index contributed by atoms with van der Waals surface area (Å²) in [6.07, 6.45) is 1.76. The zero-order valence-corrected chi connectivity index (χ0v) is 10.6. The van der Waals surface area contributed by atoms with Gasteiger partial charge in [0.05, 0.1) is 0 Å². The summed E-state index contributed by atoms with van der Waals surface area (Å²) in [5.74, 6) is 1.37. The molecule has 0 saturated heterocycles. The van der Waals surface area contributed by atoms with Gasteiger partial charge >= 0.3 is 0 Å². The lowest BCUT2D eigenvalue weighted by atomic mass is 10.2. The molecule has 0 atom stereocenters. The Bertz CT molecular complexity index is 696. The molecule has 1 aromatic carbocycles. The molecule has 5 heteroatoms. The van der Waals surface area contributed by atoms with E-state index in [1.807, 2.05) is 30.3 Å². The second-order valence-corrected chi connectivity index (χ2v) is 4.30. The topological polar surface area (TPSA) is 66.0 Å². The molecule has 0 spiro atoms. The largest absolute Gasteiger partial charge is 0.485 e. The number of rotatable bonds is 3. The van der Waals surface area contributed by atoms with Crippen molar-refractivity contribution in [2.45, 2.75) is 6.61 Å². The summed E-state index contributed by atoms with van der Waals surface area (Å²) in [6.45, 7) is 0.376. The highest BCUT2D eigenvalue weighted by Crippen LogP contribution is 2.23. The summed E-state index contributed by atoms with van der Waals surface area (Å²) < 4.78 is 7.40. The van der Waals surface area contributed by atoms with E-state index in [1.165, 1.54) is 0 Å². The van der Waals surface area contributed by atoms with Crippen molar-refractivity contribution in [1.82, 2.24) is 14.8 Å². The number of hydrogen-bond acceptors (Lipinski definition) is 4. The van der Waals surface area contributed by atoms with Gasteiger partial charge in [0.2, 0.25) is 0 Å². The second-order valence-electron chi connectivity index (χ2n) is 4.30. The number of fused-ring (bicyclic) bond motifs is 1. The lowest BCUT2D eigenvalue weighted by Gasteiger charge is -2.06. The minimum atomic E-state index is 0.376. The van der Waals surface area contributed by atoms with Gasteiger partial charge in [0.1, 0.15) is 29.4 Å². The van der Waals surface area contributed by atoms with Gasteiger partial charge in [-0.05, 0) is 12.1 Å². The summed E-state index contributed by atoms with van der Waals surface area (Å²) in [4.78, 5) is 4.34. The van der Waals surface area contributed by atoms with Crippen molar-refractivity contribution < 1.29 is 4.74 Å². The molecule has 0 saturated carbocycles. The molecule has 19 heavy (non-hydrogen) atoms. The first kappa shape index (κ1) is 11.5. The number of para-hydroxylation sites is 1. The van der Waals surface area contributed by atoms with Gasteiger partial charge in [-0.1, -0.05) is 18.2 Å². The van der Waals surface area contributed by atoms with E-state index in [2.05, 4.69) is 10.1 Å². The van der Waals surface area contributed by atoms with Crippen LogP contribution >= 0.6 is 0 Å². The number of pyridine rings is 1. The van der Waals surface area contributed by atoms with Crippen molar-refractivity contribution in [3.8, 4) is 5.75 Å². The van der Waals surface area contributed by atoms with Crippen LogP contribution < -0.4 is 10.5 Å². The average molecular weight is 254 g/mol. The van der Waals surface area contributed by atoms with Gasteiger partial charge in [-0.25, -0.2) is 0 Å². The number of anilines is 1. The predicted octanol–water partition coefficient (Wildman–Crippen LogP) is 2.13. The minimum Gasteiger partial charge on any atom is -0.485 e. The van der Waals surface area contributed by atoms with Crippen LogP contribution in [0.15, 0.2) is 42.6 Å². The summed E-state index contributed by atoms with van der Waals surface area (Å²) >= 11 is 0. The number of nitrogens with two attached hydrogens (primary N) is 1. The molecule has 0 unspecified atom stereocenters. The Labute approximate surface area is 110 Å². The third-order valence-electron chi connectivity index (χ3n) is 2.94. The fraction of sp³-hybridized carbons (Fsp3) is 0.143. The van der Waals surface area contributed by atoms with E-state index in [4.69, 9.17) is 10.5 Å². The van der Waals surface area contributed by atoms with Gasteiger partial charge in [-0.3, -0.25) is 9.67 Å². The Morgan fingerprint density at radius 3 is 2.89 bits per heavy atom. The van der Waals surface area contributed by atoms with Gasteiger partial charge in [0, 0.05) is 24.7 Å². The standard InChI is InChI=1S/C14H14N4O/c1-18-13(15)8-11(17-18)9-19-12-6-2-4-10-5-3-7-16-14(10)12/h2-8H,9,15H2,1H3. The molecular formula is C14H14N4O. The van der Waals surface area contributed by atoms with Crippen LogP contribution in [0.2, 0.25) is 0 Å². The Hall–Kier alpha value is -2.56. The average Bonchev–Trinajstić information content (AvgIpc) is 2.75. The molecule has 5 nitrogen and oxygen atoms in total. The molecule has 2 heterocycles. The van der Waals surface area contributed by atoms with Crippen molar-refractivity contribution in [3.63, 3.8) is 0 Å². The monoisotopic (exact) mass is 254 g/mol. The lowest BCUT2D eigenvalue weighted by Crippen LogP contribution is -1.99. The molecule has 0 aliphatic rings. The lowest BCUT2D eigenvalue weighted by molar-refractivity contribution is 0.303. The summed E-state index contributed by atoms with van der Waals surface area (Å²) in [5.41, 5.74) is 7.39. The van der Waals surface area contributed by atoms with E-state index in [-0.39, 0.29) is 0 Å². The van der Waals surface area contributed by atoms with Crippen molar-refractivity contribution >= 4 is 16.7 Å². The molecular weight excluding hydrogens is 240 g/mol. The Balaban J connectivity index is 1.85. The molecule has 0 bridgehead atoms. The molecule has 2 N–H and O–H groups in total. The smallest absolute Gasteiger partial charge is 0.146 e. The normalized spacial score (nSPS) is 10.8. The van der Waals surface area contributed by atoms with Crippen LogP contribution in [0.5, 0.6) is 5.75 Å². The number of nitrogen functional groups attached to an aromatic ring is 1. The molecule has 0 fully saturated rings. The fourth-order valence-corrected chi connectivity index (χ4v) is 1.96. The zero-order chi connectivity index (χ0) is 13.2. The maximum atomic E-state index is 5.78. The molecule has 96 valence electrons. The number of ether oxygens (including phenoxy) is 1. The van der Waals surface area contributed by atoms with Crippen molar-refractivity contribution in [2.24, 2.45) is 7.05 Å². The van der Waals surface area contributed by atoms with Crippen LogP contribution in [0.1, 0.15) is 5.69 Å². The highest BCUT2D eigenvalue weighted by molar-refractivity contribution is 5.84. The van der Waals surface area contributed by atoms with E-state index in [1.54, 1.807) is 24.0 Å². The quantitative estimate of drug-likeness (QED) is 0.777. The molecule has 2 aromatic heterocycles. The maximum Gasteiger partial charge on any atom is 0.146 e. The number of hydrogen-bond donors (Lipinski definition) is 1. The van der Waals surface area contributed by atoms with Crippen LogP contribution in [-0.2, 0) is 13.7 Å². The van der Waals surface area contributed by atoms with E-state index in [9.17, 15) is 0 Å². The van der Waals surface area contributed by atoms with Gasteiger partial charge in [0.25, 0.3) is 0 Å². The highest BCUT2D eigenvalue weighted by atomic mass is 16.5. The molecule has 3 aromatic rings. The van der Waals surface area contributed by atoms with E-state index in [0.717, 1.165) is 22.3 Å². The summed E-state index contributed by atoms with van der Waals surface area (Å²) in [7, 11) is 1.80. The highest BCUT2D eigenvalue weighted by Gasteiger charge is 2.06. The Kier molecular flexibility index (Phi) is 2.79. The second kappa shape index (κ2) is 4.61. The number of nitrogens with zero attached hydrogens (tertiary/aromatic N) is 3.